The topological polar surface area (TPSA) is 83.0 Å². The number of carbonyl (C=O) groups excluding carboxylic acids is 2. The zero-order chi connectivity index (χ0) is 23.8. The van der Waals surface area contributed by atoms with Gasteiger partial charge < -0.3 is 15.2 Å². The molecule has 1 aliphatic heterocycles. The first kappa shape index (κ1) is 21.6. The van der Waals surface area contributed by atoms with Crippen LogP contribution < -0.4 is 5.32 Å². The van der Waals surface area contributed by atoms with Crippen molar-refractivity contribution >= 4 is 22.7 Å². The van der Waals surface area contributed by atoms with E-state index in [0.717, 1.165) is 36.9 Å². The van der Waals surface area contributed by atoms with Crippen molar-refractivity contribution in [3.63, 3.8) is 0 Å². The molecule has 2 amide bonds. The number of amides is 2. The second-order valence-electron chi connectivity index (χ2n) is 9.81. The van der Waals surface area contributed by atoms with Gasteiger partial charge in [0.05, 0.1) is 5.69 Å². The highest BCUT2D eigenvalue weighted by Crippen LogP contribution is 2.59. The number of nitrogens with zero attached hydrogens (tertiary/aromatic N) is 3. The largest absolute Gasteiger partial charge is 0.361 e. The van der Waals surface area contributed by atoms with E-state index < -0.39 is 0 Å². The lowest BCUT2D eigenvalue weighted by atomic mass is 9.90. The summed E-state index contributed by atoms with van der Waals surface area (Å²) in [7, 11) is 0. The Morgan fingerprint density at radius 1 is 1.09 bits per heavy atom. The van der Waals surface area contributed by atoms with E-state index in [1.54, 1.807) is 10.9 Å². The lowest BCUT2D eigenvalue weighted by Crippen LogP contribution is -2.40. The van der Waals surface area contributed by atoms with Gasteiger partial charge in [0.15, 0.2) is 0 Å². The van der Waals surface area contributed by atoms with Crippen LogP contribution in [-0.4, -0.2) is 51.1 Å². The van der Waals surface area contributed by atoms with Crippen molar-refractivity contribution in [1.82, 2.24) is 25.0 Å². The first-order valence-corrected chi connectivity index (χ1v) is 12.4. The van der Waals surface area contributed by atoms with Gasteiger partial charge in [0, 0.05) is 60.6 Å². The Labute approximate surface area is 204 Å². The van der Waals surface area contributed by atoms with Crippen LogP contribution in [0.15, 0.2) is 73.2 Å². The number of nitrogens with one attached hydrogen (secondary N) is 2. The van der Waals surface area contributed by atoms with Gasteiger partial charge in [-0.1, -0.05) is 24.3 Å². The number of H-pyrrole nitrogens is 1. The van der Waals surface area contributed by atoms with E-state index in [-0.39, 0.29) is 23.1 Å². The summed E-state index contributed by atoms with van der Waals surface area (Å²) in [6, 6.07) is 17.7. The molecule has 7 nitrogen and oxygen atoms in total. The van der Waals surface area contributed by atoms with Gasteiger partial charge in [0.1, 0.15) is 0 Å². The van der Waals surface area contributed by atoms with Gasteiger partial charge in [0.2, 0.25) is 5.91 Å². The van der Waals surface area contributed by atoms with Crippen molar-refractivity contribution < 1.29 is 9.59 Å². The minimum absolute atomic E-state index is 0.0502. The molecule has 2 N–H and O–H groups in total. The van der Waals surface area contributed by atoms with Gasteiger partial charge in [-0.25, -0.2) is 4.68 Å². The van der Waals surface area contributed by atoms with Gasteiger partial charge in [0.25, 0.3) is 5.91 Å². The molecule has 35 heavy (non-hydrogen) atoms. The van der Waals surface area contributed by atoms with Crippen LogP contribution in [0.2, 0.25) is 0 Å². The summed E-state index contributed by atoms with van der Waals surface area (Å²) in [5.41, 5.74) is 3.98. The molecule has 178 valence electrons. The minimum Gasteiger partial charge on any atom is -0.361 e. The van der Waals surface area contributed by atoms with Crippen LogP contribution in [0.3, 0.4) is 0 Å². The molecule has 6 rings (SSSR count). The molecule has 2 aromatic heterocycles. The molecule has 2 aliphatic rings. The number of benzene rings is 2. The fourth-order valence-electron chi connectivity index (χ4n) is 5.59. The second kappa shape index (κ2) is 8.73. The zero-order valence-corrected chi connectivity index (χ0v) is 19.6. The van der Waals surface area contributed by atoms with E-state index in [4.69, 9.17) is 0 Å². The number of fused-ring (bicyclic) bond motifs is 1. The highest BCUT2D eigenvalue weighted by atomic mass is 16.2. The Kier molecular flexibility index (Phi) is 5.40. The molecule has 1 saturated heterocycles. The molecule has 4 aromatic rings. The van der Waals surface area contributed by atoms with E-state index in [0.29, 0.717) is 25.2 Å². The maximum absolute atomic E-state index is 13.1. The van der Waals surface area contributed by atoms with E-state index in [1.807, 2.05) is 59.8 Å². The summed E-state index contributed by atoms with van der Waals surface area (Å²) >= 11 is 0. The summed E-state index contributed by atoms with van der Waals surface area (Å²) in [4.78, 5) is 31.2. The molecule has 2 aromatic carbocycles. The van der Waals surface area contributed by atoms with Crippen LogP contribution in [0.4, 0.5) is 0 Å². The molecule has 0 unspecified atom stereocenters. The third kappa shape index (κ3) is 4.11. The molecule has 7 heteroatoms. The van der Waals surface area contributed by atoms with Crippen LogP contribution in [-0.2, 0) is 11.2 Å². The van der Waals surface area contributed by atoms with E-state index in [2.05, 4.69) is 27.5 Å². The fourth-order valence-corrected chi connectivity index (χ4v) is 5.59. The number of likely N-dealkylation sites (tertiary alicyclic amines) is 1. The molecule has 3 heterocycles. The van der Waals surface area contributed by atoms with E-state index >= 15 is 0 Å². The Hall–Kier alpha value is -3.87. The lowest BCUT2D eigenvalue weighted by Gasteiger charge is -2.33. The number of aromatic nitrogens is 3. The smallest absolute Gasteiger partial charge is 0.253 e. The van der Waals surface area contributed by atoms with Crippen molar-refractivity contribution in [3.8, 4) is 5.69 Å². The number of rotatable bonds is 6. The SMILES string of the molecule is O=C(NCCc1c[nH]c2ccccc12)[C@H]1CC12CCN(C(=O)c1cccc(-n3cccn3)c1)CC2. The predicted octanol–water partition coefficient (Wildman–Crippen LogP) is 3.95. The lowest BCUT2D eigenvalue weighted by molar-refractivity contribution is -0.123. The Morgan fingerprint density at radius 3 is 2.77 bits per heavy atom. The normalized spacial score (nSPS) is 18.6. The zero-order valence-electron chi connectivity index (χ0n) is 19.6. The summed E-state index contributed by atoms with van der Waals surface area (Å²) in [6.45, 7) is 2.04. The van der Waals surface area contributed by atoms with Gasteiger partial charge in [-0.05, 0) is 67.0 Å². The number of para-hydroxylation sites is 1. The molecule has 1 atom stereocenters. The molecule has 0 bridgehead atoms. The number of hydrogen-bond acceptors (Lipinski definition) is 3. The van der Waals surface area contributed by atoms with Gasteiger partial charge in [-0.15, -0.1) is 0 Å². The second-order valence-corrected chi connectivity index (χ2v) is 9.81. The standard InChI is InChI=1S/C28H29N5O2/c34-26(29-13-9-21-19-30-25-8-2-1-7-23(21)25)24-18-28(24)10-15-32(16-11-28)27(35)20-5-3-6-22(17-20)33-14-4-12-31-33/h1-8,12,14,17,19,24,30H,9-11,13,15-16,18H2,(H,29,34)/t24-/m1/s1. The summed E-state index contributed by atoms with van der Waals surface area (Å²) in [5, 5.41) is 8.63. The number of piperidine rings is 1. The Morgan fingerprint density at radius 2 is 1.94 bits per heavy atom. The molecular formula is C28H29N5O2. The maximum atomic E-state index is 13.1. The molecule has 1 spiro atoms. The third-order valence-corrected chi connectivity index (χ3v) is 7.78. The van der Waals surface area contributed by atoms with E-state index in [1.165, 1.54) is 10.9 Å². The van der Waals surface area contributed by atoms with Gasteiger partial charge in [-0.2, -0.15) is 5.10 Å². The fraction of sp³-hybridized carbons (Fsp3) is 0.321. The van der Waals surface area contributed by atoms with Crippen molar-refractivity contribution in [3.05, 3.63) is 84.3 Å². The predicted molar refractivity (Wildman–Crippen MR) is 134 cm³/mol. The highest BCUT2D eigenvalue weighted by molar-refractivity contribution is 5.95. The number of carbonyl (C=O) groups is 2. The summed E-state index contributed by atoms with van der Waals surface area (Å²) < 4.78 is 1.76. The summed E-state index contributed by atoms with van der Waals surface area (Å²) in [5.74, 6) is 0.289. The molecule has 0 radical (unpaired) electrons. The highest BCUT2D eigenvalue weighted by Gasteiger charge is 2.58. The summed E-state index contributed by atoms with van der Waals surface area (Å²) in [6.07, 6.45) is 9.15. The van der Waals surface area contributed by atoms with Crippen molar-refractivity contribution in [2.24, 2.45) is 11.3 Å². The van der Waals surface area contributed by atoms with Crippen molar-refractivity contribution in [1.29, 1.82) is 0 Å². The van der Waals surface area contributed by atoms with E-state index in [9.17, 15) is 9.59 Å². The number of aromatic amines is 1. The van der Waals surface area contributed by atoms with Crippen LogP contribution in [0.1, 0.15) is 35.2 Å². The van der Waals surface area contributed by atoms with Crippen LogP contribution in [0.25, 0.3) is 16.6 Å². The monoisotopic (exact) mass is 467 g/mol. The maximum Gasteiger partial charge on any atom is 0.253 e. The average Bonchev–Trinajstić information content (AvgIpc) is 3.23. The van der Waals surface area contributed by atoms with Gasteiger partial charge in [-0.3, -0.25) is 9.59 Å². The van der Waals surface area contributed by atoms with Crippen molar-refractivity contribution in [2.75, 3.05) is 19.6 Å². The van der Waals surface area contributed by atoms with Crippen LogP contribution in [0, 0.1) is 11.3 Å². The molecule has 1 saturated carbocycles. The minimum atomic E-state index is 0.0502. The first-order chi connectivity index (χ1) is 17.1. The number of hydrogen-bond donors (Lipinski definition) is 2. The molecule has 2 fully saturated rings. The average molecular weight is 468 g/mol. The third-order valence-electron chi connectivity index (χ3n) is 7.78. The van der Waals surface area contributed by atoms with Crippen LogP contribution in [0.5, 0.6) is 0 Å². The van der Waals surface area contributed by atoms with Crippen LogP contribution >= 0.6 is 0 Å². The Balaban J connectivity index is 1.01. The quantitative estimate of drug-likeness (QED) is 0.450. The Bertz CT molecular complexity index is 1370. The molecule has 1 aliphatic carbocycles. The van der Waals surface area contributed by atoms with Gasteiger partial charge >= 0.3 is 0 Å². The molecular weight excluding hydrogens is 438 g/mol. The van der Waals surface area contributed by atoms with Crippen molar-refractivity contribution in [2.45, 2.75) is 25.7 Å². The first-order valence-electron chi connectivity index (χ1n) is 12.4.